The zero-order valence-corrected chi connectivity index (χ0v) is 16.4. The van der Waals surface area contributed by atoms with Crippen molar-refractivity contribution in [3.05, 3.63) is 59.4 Å². The van der Waals surface area contributed by atoms with Gasteiger partial charge in [-0.05, 0) is 48.7 Å². The molecule has 0 bridgehead atoms. The van der Waals surface area contributed by atoms with Crippen molar-refractivity contribution in [2.24, 2.45) is 0 Å². The molecule has 1 aromatic heterocycles. The van der Waals surface area contributed by atoms with E-state index in [-0.39, 0.29) is 11.9 Å². The van der Waals surface area contributed by atoms with E-state index in [1.54, 1.807) is 7.11 Å². The van der Waals surface area contributed by atoms with E-state index in [2.05, 4.69) is 35.2 Å². The summed E-state index contributed by atoms with van der Waals surface area (Å²) >= 11 is 0. The number of ether oxygens (including phenoxy) is 1. The van der Waals surface area contributed by atoms with Gasteiger partial charge in [-0.3, -0.25) is 4.79 Å². The molecule has 2 aromatic carbocycles. The molecule has 142 valence electrons. The summed E-state index contributed by atoms with van der Waals surface area (Å²) in [6.45, 7) is 6.23. The van der Waals surface area contributed by atoms with Gasteiger partial charge in [0.2, 0.25) is 5.91 Å². The number of amides is 1. The second kappa shape index (κ2) is 8.25. The average Bonchev–Trinajstić information content (AvgIpc) is 3.10. The molecule has 5 nitrogen and oxygen atoms in total. The number of aromatic amines is 1. The number of nitrogens with one attached hydrogen (secondary N) is 2. The highest BCUT2D eigenvalue weighted by atomic mass is 16.5. The van der Waals surface area contributed by atoms with Gasteiger partial charge in [0.25, 0.3) is 0 Å². The smallest absolute Gasteiger partial charge is 0.220 e. The Morgan fingerprint density at radius 1 is 1.15 bits per heavy atom. The van der Waals surface area contributed by atoms with Crippen LogP contribution in [0.1, 0.15) is 56.1 Å². The normalized spacial score (nSPS) is 12.3. The summed E-state index contributed by atoms with van der Waals surface area (Å²) in [5, 5.41) is 3.06. The predicted molar refractivity (Wildman–Crippen MR) is 108 cm³/mol. The molecule has 2 N–H and O–H groups in total. The molecule has 0 unspecified atom stereocenters. The number of fused-ring (bicyclic) bond motifs is 1. The number of nitrogens with zero attached hydrogens (tertiary/aromatic N) is 1. The minimum Gasteiger partial charge on any atom is -0.497 e. The van der Waals surface area contributed by atoms with Gasteiger partial charge >= 0.3 is 0 Å². The number of imidazole rings is 1. The highest BCUT2D eigenvalue weighted by molar-refractivity contribution is 5.78. The first-order chi connectivity index (χ1) is 13.0. The lowest BCUT2D eigenvalue weighted by atomic mass is 10.1. The molecule has 3 aromatic rings. The summed E-state index contributed by atoms with van der Waals surface area (Å²) in [5.74, 6) is 2.22. The second-order valence-electron chi connectivity index (χ2n) is 7.19. The van der Waals surface area contributed by atoms with Crippen LogP contribution in [0.5, 0.6) is 5.75 Å². The number of methoxy groups -OCH3 is 1. The van der Waals surface area contributed by atoms with Crippen LogP contribution in [0.2, 0.25) is 0 Å². The van der Waals surface area contributed by atoms with Crippen molar-refractivity contribution in [2.75, 3.05) is 7.11 Å². The Morgan fingerprint density at radius 3 is 2.56 bits per heavy atom. The van der Waals surface area contributed by atoms with Crippen LogP contribution in [0.25, 0.3) is 11.0 Å². The molecule has 1 amide bonds. The number of aromatic nitrogens is 2. The molecule has 0 aliphatic carbocycles. The number of aryl methyl sites for hydroxylation is 1. The number of carbonyl (C=O) groups excluding carboxylic acids is 1. The summed E-state index contributed by atoms with van der Waals surface area (Å²) in [6, 6.07) is 13.9. The molecule has 0 spiro atoms. The van der Waals surface area contributed by atoms with Crippen LogP contribution in [0, 0.1) is 0 Å². The first-order valence-electron chi connectivity index (χ1n) is 9.38. The quantitative estimate of drug-likeness (QED) is 0.647. The Morgan fingerprint density at radius 2 is 1.89 bits per heavy atom. The zero-order chi connectivity index (χ0) is 19.4. The van der Waals surface area contributed by atoms with Crippen LogP contribution < -0.4 is 10.1 Å². The SMILES string of the molecule is COc1ccc([C@@H](C)NC(=O)CCc2ccc3nc(C(C)C)[nH]c3c2)cc1. The second-order valence-corrected chi connectivity index (χ2v) is 7.19. The summed E-state index contributed by atoms with van der Waals surface area (Å²) in [5.41, 5.74) is 4.20. The molecule has 0 saturated heterocycles. The maximum atomic E-state index is 12.3. The van der Waals surface area contributed by atoms with E-state index in [9.17, 15) is 4.79 Å². The largest absolute Gasteiger partial charge is 0.497 e. The molecule has 5 heteroatoms. The molecule has 0 aliphatic rings. The molecule has 27 heavy (non-hydrogen) atoms. The molecule has 1 atom stereocenters. The molecule has 1 heterocycles. The van der Waals surface area contributed by atoms with Crippen molar-refractivity contribution in [3.63, 3.8) is 0 Å². The van der Waals surface area contributed by atoms with Crippen molar-refractivity contribution in [2.45, 2.75) is 45.6 Å². The fourth-order valence-corrected chi connectivity index (χ4v) is 3.05. The molecule has 3 rings (SSSR count). The van der Waals surface area contributed by atoms with Crippen LogP contribution in [-0.4, -0.2) is 23.0 Å². The van der Waals surface area contributed by atoms with Gasteiger partial charge in [0.05, 0.1) is 24.2 Å². The zero-order valence-electron chi connectivity index (χ0n) is 16.4. The van der Waals surface area contributed by atoms with E-state index in [0.717, 1.165) is 33.7 Å². The number of carbonyl (C=O) groups is 1. The van der Waals surface area contributed by atoms with Gasteiger partial charge in [-0.15, -0.1) is 0 Å². The lowest BCUT2D eigenvalue weighted by Crippen LogP contribution is -2.26. The van der Waals surface area contributed by atoms with Crippen LogP contribution in [-0.2, 0) is 11.2 Å². The van der Waals surface area contributed by atoms with Crippen molar-refractivity contribution in [1.82, 2.24) is 15.3 Å². The predicted octanol–water partition coefficient (Wildman–Crippen LogP) is 4.50. The minimum atomic E-state index is -0.0351. The fraction of sp³-hybridized carbons (Fsp3) is 0.364. The maximum Gasteiger partial charge on any atom is 0.220 e. The Hall–Kier alpha value is -2.82. The van der Waals surface area contributed by atoms with Gasteiger partial charge in [0, 0.05) is 12.3 Å². The molecule has 0 fully saturated rings. The van der Waals surface area contributed by atoms with E-state index < -0.39 is 0 Å². The van der Waals surface area contributed by atoms with Crippen LogP contribution >= 0.6 is 0 Å². The van der Waals surface area contributed by atoms with Gasteiger partial charge in [0.1, 0.15) is 11.6 Å². The topological polar surface area (TPSA) is 67.0 Å². The van der Waals surface area contributed by atoms with E-state index >= 15 is 0 Å². The molecule has 0 aliphatic heterocycles. The number of benzene rings is 2. The van der Waals surface area contributed by atoms with Crippen molar-refractivity contribution < 1.29 is 9.53 Å². The van der Waals surface area contributed by atoms with E-state index in [4.69, 9.17) is 4.74 Å². The van der Waals surface area contributed by atoms with Crippen LogP contribution in [0.15, 0.2) is 42.5 Å². The number of rotatable bonds is 7. The summed E-state index contributed by atoms with van der Waals surface area (Å²) < 4.78 is 5.17. The van der Waals surface area contributed by atoms with E-state index in [1.807, 2.05) is 43.3 Å². The van der Waals surface area contributed by atoms with Crippen LogP contribution in [0.3, 0.4) is 0 Å². The fourth-order valence-electron chi connectivity index (χ4n) is 3.05. The third-order valence-corrected chi connectivity index (χ3v) is 4.75. The van der Waals surface area contributed by atoms with Crippen molar-refractivity contribution in [1.29, 1.82) is 0 Å². The van der Waals surface area contributed by atoms with E-state index in [1.165, 1.54) is 0 Å². The highest BCUT2D eigenvalue weighted by Gasteiger charge is 2.11. The Balaban J connectivity index is 1.57. The third-order valence-electron chi connectivity index (χ3n) is 4.75. The first kappa shape index (κ1) is 19.0. The lowest BCUT2D eigenvalue weighted by Gasteiger charge is -2.15. The molecule has 0 radical (unpaired) electrons. The number of hydrogen-bond acceptors (Lipinski definition) is 3. The number of hydrogen-bond donors (Lipinski definition) is 2. The summed E-state index contributed by atoms with van der Waals surface area (Å²) in [4.78, 5) is 20.3. The standard InChI is InChI=1S/C22H27N3O2/c1-14(2)22-24-19-11-5-16(13-20(19)25-22)6-12-21(26)23-15(3)17-7-9-18(27-4)10-8-17/h5,7-11,13-15H,6,12H2,1-4H3,(H,23,26)(H,24,25)/t15-/m1/s1. The molecule has 0 saturated carbocycles. The lowest BCUT2D eigenvalue weighted by molar-refractivity contribution is -0.121. The van der Waals surface area contributed by atoms with Gasteiger partial charge in [-0.25, -0.2) is 4.98 Å². The summed E-state index contributed by atoms with van der Waals surface area (Å²) in [6.07, 6.45) is 1.16. The number of H-pyrrole nitrogens is 1. The Bertz CT molecular complexity index is 913. The van der Waals surface area contributed by atoms with Crippen molar-refractivity contribution in [3.8, 4) is 5.75 Å². The van der Waals surface area contributed by atoms with Crippen LogP contribution in [0.4, 0.5) is 0 Å². The van der Waals surface area contributed by atoms with E-state index in [0.29, 0.717) is 18.8 Å². The monoisotopic (exact) mass is 365 g/mol. The molecular formula is C22H27N3O2. The highest BCUT2D eigenvalue weighted by Crippen LogP contribution is 2.20. The minimum absolute atomic E-state index is 0.0351. The summed E-state index contributed by atoms with van der Waals surface area (Å²) in [7, 11) is 1.64. The molecular weight excluding hydrogens is 338 g/mol. The van der Waals surface area contributed by atoms with Gasteiger partial charge in [-0.1, -0.05) is 32.0 Å². The average molecular weight is 365 g/mol. The van der Waals surface area contributed by atoms with Crippen molar-refractivity contribution >= 4 is 16.9 Å². The van der Waals surface area contributed by atoms with Gasteiger partial charge in [-0.2, -0.15) is 0 Å². The Labute approximate surface area is 160 Å². The first-order valence-corrected chi connectivity index (χ1v) is 9.38. The Kier molecular flexibility index (Phi) is 5.79. The third kappa shape index (κ3) is 4.67. The van der Waals surface area contributed by atoms with Gasteiger partial charge < -0.3 is 15.0 Å². The van der Waals surface area contributed by atoms with Gasteiger partial charge in [0.15, 0.2) is 0 Å². The maximum absolute atomic E-state index is 12.3.